The summed E-state index contributed by atoms with van der Waals surface area (Å²) in [6.45, 7) is 4.10. The van der Waals surface area contributed by atoms with Crippen LogP contribution in [0.4, 0.5) is 11.4 Å². The number of nitrogens with two attached hydrogens (primary N) is 2. The Bertz CT molecular complexity index is 1210. The van der Waals surface area contributed by atoms with Crippen LogP contribution >= 0.6 is 0 Å². The molecule has 4 N–H and O–H groups in total. The second-order valence-electron chi connectivity index (χ2n) is 11.1. The quantitative estimate of drug-likeness (QED) is 0.391. The third-order valence-corrected chi connectivity index (χ3v) is 8.36. The summed E-state index contributed by atoms with van der Waals surface area (Å²) >= 11 is 0. The summed E-state index contributed by atoms with van der Waals surface area (Å²) in [6.07, 6.45) is 7.93. The van der Waals surface area contributed by atoms with Gasteiger partial charge in [-0.05, 0) is 117 Å². The van der Waals surface area contributed by atoms with Gasteiger partial charge < -0.3 is 20.9 Å². The second kappa shape index (κ2) is 7.97. The molecule has 0 saturated heterocycles. The molecule has 3 aromatic carbocycles. The Balaban J connectivity index is 1.48. The zero-order valence-electron chi connectivity index (χ0n) is 20.1. The summed E-state index contributed by atoms with van der Waals surface area (Å²) in [5.74, 6) is 5.33. The van der Waals surface area contributed by atoms with Crippen molar-refractivity contribution >= 4 is 11.4 Å². The third-order valence-electron chi connectivity index (χ3n) is 8.36. The molecular formula is C30H34N2O2. The fourth-order valence-corrected chi connectivity index (χ4v) is 7.25. The number of rotatable bonds is 5. The van der Waals surface area contributed by atoms with Gasteiger partial charge in [0.25, 0.3) is 0 Å². The monoisotopic (exact) mass is 454 g/mol. The first kappa shape index (κ1) is 21.4. The van der Waals surface area contributed by atoms with Gasteiger partial charge in [-0.15, -0.1) is 0 Å². The predicted octanol–water partition coefficient (Wildman–Crippen LogP) is 7.52. The molecule has 0 unspecified atom stereocenters. The van der Waals surface area contributed by atoms with Crippen LogP contribution in [-0.4, -0.2) is 0 Å². The molecule has 3 aromatic rings. The maximum atomic E-state index is 6.69. The van der Waals surface area contributed by atoms with E-state index in [1.54, 1.807) is 0 Å². The van der Waals surface area contributed by atoms with Crippen molar-refractivity contribution in [3.8, 4) is 23.0 Å². The lowest BCUT2D eigenvalue weighted by molar-refractivity contribution is -0.00608. The van der Waals surface area contributed by atoms with E-state index in [4.69, 9.17) is 20.9 Å². The molecule has 34 heavy (non-hydrogen) atoms. The maximum Gasteiger partial charge on any atom is 0.173 e. The molecule has 4 aliphatic rings. The molecule has 176 valence electrons. The molecule has 0 amide bonds. The van der Waals surface area contributed by atoms with Crippen LogP contribution in [0.3, 0.4) is 0 Å². The highest BCUT2D eigenvalue weighted by molar-refractivity contribution is 5.62. The Kier molecular flexibility index (Phi) is 5.02. The van der Waals surface area contributed by atoms with Gasteiger partial charge in [-0.3, -0.25) is 0 Å². The molecule has 4 fully saturated rings. The number of nitrogen functional groups attached to an aromatic ring is 2. The van der Waals surface area contributed by atoms with Gasteiger partial charge in [0.1, 0.15) is 0 Å². The van der Waals surface area contributed by atoms with Gasteiger partial charge in [-0.1, -0.05) is 24.3 Å². The van der Waals surface area contributed by atoms with E-state index in [-0.39, 0.29) is 5.41 Å². The van der Waals surface area contributed by atoms with Crippen LogP contribution in [0.15, 0.2) is 54.6 Å². The molecule has 0 aromatic heterocycles. The average molecular weight is 455 g/mol. The van der Waals surface area contributed by atoms with Crippen molar-refractivity contribution in [3.63, 3.8) is 0 Å². The first-order valence-electron chi connectivity index (χ1n) is 12.6. The SMILES string of the molecule is Cc1ccc(N)c(Oc2cccc(C34CC5CC(CC(C5)C3)C4)c2Oc2cc(C)ccc2N)c1. The molecular weight excluding hydrogens is 420 g/mol. The third kappa shape index (κ3) is 3.70. The minimum atomic E-state index is 0.153. The van der Waals surface area contributed by atoms with Gasteiger partial charge in [0.2, 0.25) is 0 Å². The molecule has 4 aliphatic carbocycles. The first-order valence-corrected chi connectivity index (χ1v) is 12.6. The van der Waals surface area contributed by atoms with E-state index >= 15 is 0 Å². The Hall–Kier alpha value is -3.14. The first-order chi connectivity index (χ1) is 16.4. The summed E-state index contributed by atoms with van der Waals surface area (Å²) in [6, 6.07) is 18.2. The van der Waals surface area contributed by atoms with Crippen LogP contribution < -0.4 is 20.9 Å². The van der Waals surface area contributed by atoms with Crippen LogP contribution in [0.2, 0.25) is 0 Å². The standard InChI is InChI=1S/C30H34N2O2/c1-18-6-8-24(31)27(10-18)33-26-5-3-4-23(29(26)34-28-11-19(2)7-9-25(28)32)30-15-20-12-21(16-30)14-22(13-20)17-30/h3-11,20-22H,12-17,31-32H2,1-2H3. The fourth-order valence-electron chi connectivity index (χ4n) is 7.25. The highest BCUT2D eigenvalue weighted by atomic mass is 16.5. The van der Waals surface area contributed by atoms with Gasteiger partial charge in [-0.2, -0.15) is 0 Å². The van der Waals surface area contributed by atoms with Gasteiger partial charge in [-0.25, -0.2) is 0 Å². The molecule has 0 atom stereocenters. The van der Waals surface area contributed by atoms with Crippen LogP contribution in [-0.2, 0) is 5.41 Å². The van der Waals surface area contributed by atoms with E-state index in [1.807, 2.05) is 49.4 Å². The zero-order chi connectivity index (χ0) is 23.4. The summed E-state index contributed by atoms with van der Waals surface area (Å²) in [5.41, 5.74) is 17.5. The summed E-state index contributed by atoms with van der Waals surface area (Å²) in [4.78, 5) is 0. The number of para-hydroxylation sites is 1. The molecule has 7 rings (SSSR count). The topological polar surface area (TPSA) is 70.5 Å². The van der Waals surface area contributed by atoms with Gasteiger partial charge >= 0.3 is 0 Å². The Labute approximate surface area is 202 Å². The van der Waals surface area contributed by atoms with Crippen LogP contribution in [0, 0.1) is 31.6 Å². The van der Waals surface area contributed by atoms with Crippen molar-refractivity contribution in [2.75, 3.05) is 11.5 Å². The lowest BCUT2D eigenvalue weighted by Crippen LogP contribution is -2.48. The largest absolute Gasteiger partial charge is 0.451 e. The lowest BCUT2D eigenvalue weighted by Gasteiger charge is -2.57. The van der Waals surface area contributed by atoms with E-state index in [1.165, 1.54) is 44.1 Å². The molecule has 0 heterocycles. The van der Waals surface area contributed by atoms with Crippen LogP contribution in [0.25, 0.3) is 0 Å². The maximum absolute atomic E-state index is 6.69. The molecule has 4 bridgehead atoms. The van der Waals surface area contributed by atoms with E-state index in [2.05, 4.69) is 19.1 Å². The van der Waals surface area contributed by atoms with Crippen molar-refractivity contribution in [2.24, 2.45) is 17.8 Å². The van der Waals surface area contributed by atoms with E-state index in [0.717, 1.165) is 34.6 Å². The van der Waals surface area contributed by atoms with Crippen molar-refractivity contribution < 1.29 is 9.47 Å². The number of benzene rings is 3. The summed E-state index contributed by atoms with van der Waals surface area (Å²) in [5, 5.41) is 0. The molecule has 0 aliphatic heterocycles. The average Bonchev–Trinajstić information content (AvgIpc) is 2.79. The zero-order valence-corrected chi connectivity index (χ0v) is 20.1. The summed E-state index contributed by atoms with van der Waals surface area (Å²) in [7, 11) is 0. The van der Waals surface area contributed by atoms with Crippen molar-refractivity contribution in [1.82, 2.24) is 0 Å². The molecule has 4 heteroatoms. The molecule has 0 radical (unpaired) electrons. The Morgan fingerprint density at radius 3 is 1.76 bits per heavy atom. The van der Waals surface area contributed by atoms with E-state index in [0.29, 0.717) is 28.6 Å². The minimum absolute atomic E-state index is 0.153. The van der Waals surface area contributed by atoms with Gasteiger partial charge in [0.15, 0.2) is 23.0 Å². The van der Waals surface area contributed by atoms with E-state index < -0.39 is 0 Å². The number of ether oxygens (including phenoxy) is 2. The molecule has 4 nitrogen and oxygen atoms in total. The number of hydrogen-bond acceptors (Lipinski definition) is 4. The second-order valence-corrected chi connectivity index (χ2v) is 11.1. The van der Waals surface area contributed by atoms with Crippen molar-refractivity contribution in [3.05, 3.63) is 71.3 Å². The van der Waals surface area contributed by atoms with E-state index in [9.17, 15) is 0 Å². The molecule has 4 saturated carbocycles. The van der Waals surface area contributed by atoms with Crippen LogP contribution in [0.5, 0.6) is 23.0 Å². The summed E-state index contributed by atoms with van der Waals surface area (Å²) < 4.78 is 13.2. The lowest BCUT2D eigenvalue weighted by atomic mass is 9.48. The number of aryl methyl sites for hydroxylation is 2. The predicted molar refractivity (Wildman–Crippen MR) is 138 cm³/mol. The number of anilines is 2. The normalized spacial score (nSPS) is 27.1. The van der Waals surface area contributed by atoms with Crippen molar-refractivity contribution in [1.29, 1.82) is 0 Å². The van der Waals surface area contributed by atoms with Gasteiger partial charge in [0.05, 0.1) is 11.4 Å². The fraction of sp³-hybridized carbons (Fsp3) is 0.400. The van der Waals surface area contributed by atoms with Crippen LogP contribution in [0.1, 0.15) is 55.2 Å². The Morgan fingerprint density at radius 2 is 1.21 bits per heavy atom. The Morgan fingerprint density at radius 1 is 0.676 bits per heavy atom. The van der Waals surface area contributed by atoms with Gasteiger partial charge in [0, 0.05) is 5.56 Å². The highest BCUT2D eigenvalue weighted by Gasteiger charge is 2.52. The number of hydrogen-bond donors (Lipinski definition) is 2. The highest BCUT2D eigenvalue weighted by Crippen LogP contribution is 2.63. The van der Waals surface area contributed by atoms with Crippen molar-refractivity contribution in [2.45, 2.75) is 57.8 Å². The molecule has 0 spiro atoms. The smallest absolute Gasteiger partial charge is 0.173 e. The minimum Gasteiger partial charge on any atom is -0.451 e.